The SMILES string of the molecule is COCCN(Cc1ccccn1)C(=O)c1ccc(-c2cccc(Br)c2)nc1C. The van der Waals surface area contributed by atoms with Crippen molar-refractivity contribution in [2.45, 2.75) is 13.5 Å². The van der Waals surface area contributed by atoms with E-state index in [1.807, 2.05) is 61.5 Å². The van der Waals surface area contributed by atoms with E-state index in [9.17, 15) is 4.79 Å². The van der Waals surface area contributed by atoms with E-state index < -0.39 is 0 Å². The third-order valence-electron chi connectivity index (χ3n) is 4.37. The highest BCUT2D eigenvalue weighted by Gasteiger charge is 2.19. The number of hydrogen-bond donors (Lipinski definition) is 0. The quantitative estimate of drug-likeness (QED) is 0.543. The molecule has 5 nitrogen and oxygen atoms in total. The first-order valence-corrected chi connectivity index (χ1v) is 9.79. The third kappa shape index (κ3) is 5.03. The molecule has 3 rings (SSSR count). The molecular formula is C22H22BrN3O2. The monoisotopic (exact) mass is 439 g/mol. The number of methoxy groups -OCH3 is 1. The van der Waals surface area contributed by atoms with Crippen LogP contribution in [0.15, 0.2) is 65.3 Å². The summed E-state index contributed by atoms with van der Waals surface area (Å²) in [6.07, 6.45) is 1.73. The molecule has 0 radical (unpaired) electrons. The van der Waals surface area contributed by atoms with E-state index in [0.29, 0.717) is 31.0 Å². The summed E-state index contributed by atoms with van der Waals surface area (Å²) in [4.78, 5) is 23.9. The molecular weight excluding hydrogens is 418 g/mol. The lowest BCUT2D eigenvalue weighted by molar-refractivity contribution is 0.0676. The van der Waals surface area contributed by atoms with Crippen LogP contribution in [0.25, 0.3) is 11.3 Å². The van der Waals surface area contributed by atoms with E-state index in [0.717, 1.165) is 21.4 Å². The summed E-state index contributed by atoms with van der Waals surface area (Å²) < 4.78 is 6.17. The highest BCUT2D eigenvalue weighted by Crippen LogP contribution is 2.23. The van der Waals surface area contributed by atoms with Crippen LogP contribution in [0.5, 0.6) is 0 Å². The summed E-state index contributed by atoms with van der Waals surface area (Å²) in [6, 6.07) is 17.4. The zero-order valence-electron chi connectivity index (χ0n) is 15.9. The van der Waals surface area contributed by atoms with Gasteiger partial charge >= 0.3 is 0 Å². The Hall–Kier alpha value is -2.57. The Morgan fingerprint density at radius 1 is 1.14 bits per heavy atom. The Morgan fingerprint density at radius 3 is 2.68 bits per heavy atom. The van der Waals surface area contributed by atoms with Crippen molar-refractivity contribution < 1.29 is 9.53 Å². The Kier molecular flexibility index (Phi) is 6.90. The molecule has 0 N–H and O–H groups in total. The average molecular weight is 440 g/mol. The highest BCUT2D eigenvalue weighted by molar-refractivity contribution is 9.10. The minimum absolute atomic E-state index is 0.0755. The molecule has 0 aliphatic carbocycles. The molecule has 0 aliphatic heterocycles. The molecule has 1 aromatic carbocycles. The fourth-order valence-electron chi connectivity index (χ4n) is 2.91. The maximum Gasteiger partial charge on any atom is 0.256 e. The van der Waals surface area contributed by atoms with Gasteiger partial charge in [-0.15, -0.1) is 0 Å². The molecule has 0 unspecified atom stereocenters. The third-order valence-corrected chi connectivity index (χ3v) is 4.86. The number of aromatic nitrogens is 2. The lowest BCUT2D eigenvalue weighted by Gasteiger charge is -2.23. The maximum atomic E-state index is 13.2. The zero-order valence-corrected chi connectivity index (χ0v) is 17.5. The van der Waals surface area contributed by atoms with Gasteiger partial charge < -0.3 is 9.64 Å². The Bertz CT molecular complexity index is 948. The second-order valence-corrected chi connectivity index (χ2v) is 7.30. The molecule has 144 valence electrons. The number of ether oxygens (including phenoxy) is 1. The van der Waals surface area contributed by atoms with Crippen molar-refractivity contribution in [3.63, 3.8) is 0 Å². The van der Waals surface area contributed by atoms with Gasteiger partial charge in [-0.1, -0.05) is 34.1 Å². The number of carbonyl (C=O) groups excluding carboxylic acids is 1. The van der Waals surface area contributed by atoms with E-state index in [1.165, 1.54) is 0 Å². The minimum Gasteiger partial charge on any atom is -0.383 e. The van der Waals surface area contributed by atoms with Crippen molar-refractivity contribution in [3.05, 3.63) is 82.2 Å². The van der Waals surface area contributed by atoms with Gasteiger partial charge in [-0.05, 0) is 43.3 Å². The molecule has 0 saturated heterocycles. The van der Waals surface area contributed by atoms with Crippen molar-refractivity contribution in [3.8, 4) is 11.3 Å². The minimum atomic E-state index is -0.0755. The van der Waals surface area contributed by atoms with Crippen LogP contribution in [0.3, 0.4) is 0 Å². The van der Waals surface area contributed by atoms with Crippen molar-refractivity contribution in [1.82, 2.24) is 14.9 Å². The van der Waals surface area contributed by atoms with Crippen LogP contribution in [0.1, 0.15) is 21.7 Å². The summed E-state index contributed by atoms with van der Waals surface area (Å²) >= 11 is 3.48. The molecule has 3 aromatic rings. The average Bonchev–Trinajstić information content (AvgIpc) is 2.71. The van der Waals surface area contributed by atoms with Gasteiger partial charge in [0.15, 0.2) is 0 Å². The van der Waals surface area contributed by atoms with Gasteiger partial charge in [0.2, 0.25) is 0 Å². The first-order valence-electron chi connectivity index (χ1n) is 9.00. The molecule has 1 amide bonds. The summed E-state index contributed by atoms with van der Waals surface area (Å²) in [7, 11) is 1.63. The molecule has 0 atom stereocenters. The highest BCUT2D eigenvalue weighted by atomic mass is 79.9. The Balaban J connectivity index is 1.85. The number of halogens is 1. The van der Waals surface area contributed by atoms with E-state index in [2.05, 4.69) is 25.9 Å². The van der Waals surface area contributed by atoms with Crippen molar-refractivity contribution in [2.24, 2.45) is 0 Å². The van der Waals surface area contributed by atoms with Gasteiger partial charge in [-0.2, -0.15) is 0 Å². The molecule has 2 heterocycles. The topological polar surface area (TPSA) is 55.3 Å². The molecule has 0 saturated carbocycles. The molecule has 0 spiro atoms. The van der Waals surface area contributed by atoms with Crippen LogP contribution in [0.4, 0.5) is 0 Å². The first-order chi connectivity index (χ1) is 13.6. The van der Waals surface area contributed by atoms with Crippen molar-refractivity contribution >= 4 is 21.8 Å². The van der Waals surface area contributed by atoms with Crippen LogP contribution in [-0.4, -0.2) is 41.0 Å². The number of amides is 1. The van der Waals surface area contributed by atoms with Crippen LogP contribution in [0, 0.1) is 6.92 Å². The van der Waals surface area contributed by atoms with Gasteiger partial charge in [0, 0.05) is 29.9 Å². The van der Waals surface area contributed by atoms with Crippen molar-refractivity contribution in [1.29, 1.82) is 0 Å². The largest absolute Gasteiger partial charge is 0.383 e. The number of carbonyl (C=O) groups is 1. The van der Waals surface area contributed by atoms with Crippen LogP contribution in [-0.2, 0) is 11.3 Å². The van der Waals surface area contributed by atoms with Gasteiger partial charge in [-0.25, -0.2) is 0 Å². The summed E-state index contributed by atoms with van der Waals surface area (Å²) in [5.74, 6) is -0.0755. The predicted octanol–water partition coefficient (Wildman–Crippen LogP) is 4.50. The summed E-state index contributed by atoms with van der Waals surface area (Å²) in [6.45, 7) is 3.24. The van der Waals surface area contributed by atoms with E-state index in [-0.39, 0.29) is 5.91 Å². The second kappa shape index (κ2) is 9.57. The predicted molar refractivity (Wildman–Crippen MR) is 113 cm³/mol. The molecule has 0 fully saturated rings. The number of hydrogen-bond acceptors (Lipinski definition) is 4. The number of benzene rings is 1. The molecule has 0 bridgehead atoms. The normalized spacial score (nSPS) is 10.7. The van der Waals surface area contributed by atoms with Crippen LogP contribution in [0.2, 0.25) is 0 Å². The van der Waals surface area contributed by atoms with E-state index in [1.54, 1.807) is 18.2 Å². The summed E-state index contributed by atoms with van der Waals surface area (Å²) in [5, 5.41) is 0. The zero-order chi connectivity index (χ0) is 19.9. The number of aryl methyl sites for hydroxylation is 1. The van der Waals surface area contributed by atoms with Gasteiger partial charge in [0.1, 0.15) is 0 Å². The number of pyridine rings is 2. The first kappa shape index (κ1) is 20.2. The molecule has 6 heteroatoms. The maximum absolute atomic E-state index is 13.2. The van der Waals surface area contributed by atoms with Crippen molar-refractivity contribution in [2.75, 3.05) is 20.3 Å². The Labute approximate surface area is 173 Å². The number of nitrogens with zero attached hydrogens (tertiary/aromatic N) is 3. The standard InChI is InChI=1S/C22H22BrN3O2/c1-16-20(9-10-21(25-16)17-6-5-7-18(23)14-17)22(27)26(12-13-28-2)15-19-8-3-4-11-24-19/h3-11,14H,12-13,15H2,1-2H3. The van der Waals surface area contributed by atoms with E-state index >= 15 is 0 Å². The number of rotatable bonds is 7. The van der Waals surface area contributed by atoms with E-state index in [4.69, 9.17) is 4.74 Å². The lowest BCUT2D eigenvalue weighted by atomic mass is 10.1. The summed E-state index contributed by atoms with van der Waals surface area (Å²) in [5.41, 5.74) is 3.96. The fourth-order valence-corrected chi connectivity index (χ4v) is 3.31. The smallest absolute Gasteiger partial charge is 0.256 e. The van der Waals surface area contributed by atoms with Gasteiger partial charge in [0.05, 0.1) is 35.8 Å². The molecule has 28 heavy (non-hydrogen) atoms. The van der Waals surface area contributed by atoms with Gasteiger partial charge in [0.25, 0.3) is 5.91 Å². The molecule has 0 aliphatic rings. The fraction of sp³-hybridized carbons (Fsp3) is 0.227. The molecule has 2 aromatic heterocycles. The van der Waals surface area contributed by atoms with Gasteiger partial charge in [-0.3, -0.25) is 14.8 Å². The van der Waals surface area contributed by atoms with Crippen LogP contribution >= 0.6 is 15.9 Å². The second-order valence-electron chi connectivity index (χ2n) is 6.38. The lowest BCUT2D eigenvalue weighted by Crippen LogP contribution is -2.34. The Morgan fingerprint density at radius 2 is 2.00 bits per heavy atom. The van der Waals surface area contributed by atoms with Crippen LogP contribution < -0.4 is 0 Å².